The van der Waals surface area contributed by atoms with E-state index in [-0.39, 0.29) is 5.97 Å². The fourth-order valence-electron chi connectivity index (χ4n) is 2.43. The standard InChI is InChI=1S/C12H22O3/c1-3-15-11(13)6-8-12(14)7-4-5-10(2)9-12/h10,14H,3-9H2,1-2H3. The SMILES string of the molecule is CCOC(=O)CCC1(O)CCCC(C)C1. The number of ether oxygens (including phenoxy) is 1. The van der Waals surface area contributed by atoms with Crippen LogP contribution in [0, 0.1) is 5.92 Å². The smallest absolute Gasteiger partial charge is 0.305 e. The summed E-state index contributed by atoms with van der Waals surface area (Å²) in [6, 6.07) is 0. The van der Waals surface area contributed by atoms with Gasteiger partial charge in [0.1, 0.15) is 0 Å². The Kier molecular flexibility index (Phi) is 4.58. The molecule has 0 amide bonds. The minimum Gasteiger partial charge on any atom is -0.466 e. The number of rotatable bonds is 4. The molecule has 0 spiro atoms. The van der Waals surface area contributed by atoms with Crippen LogP contribution in [-0.2, 0) is 9.53 Å². The van der Waals surface area contributed by atoms with Crippen LogP contribution >= 0.6 is 0 Å². The monoisotopic (exact) mass is 214 g/mol. The molecule has 1 aliphatic carbocycles. The average molecular weight is 214 g/mol. The van der Waals surface area contributed by atoms with Crippen LogP contribution in [0.1, 0.15) is 52.4 Å². The molecule has 0 heterocycles. The van der Waals surface area contributed by atoms with Crippen LogP contribution in [0.25, 0.3) is 0 Å². The molecule has 1 rings (SSSR count). The van der Waals surface area contributed by atoms with Gasteiger partial charge in [-0.15, -0.1) is 0 Å². The molecule has 0 aliphatic heterocycles. The van der Waals surface area contributed by atoms with Gasteiger partial charge in [0.15, 0.2) is 0 Å². The quantitative estimate of drug-likeness (QED) is 0.730. The third kappa shape index (κ3) is 4.20. The van der Waals surface area contributed by atoms with Crippen LogP contribution < -0.4 is 0 Å². The van der Waals surface area contributed by atoms with E-state index in [0.717, 1.165) is 19.3 Å². The van der Waals surface area contributed by atoms with Crippen molar-refractivity contribution in [3.8, 4) is 0 Å². The van der Waals surface area contributed by atoms with Gasteiger partial charge in [-0.3, -0.25) is 4.79 Å². The van der Waals surface area contributed by atoms with Crippen molar-refractivity contribution in [3.63, 3.8) is 0 Å². The molecule has 0 aromatic carbocycles. The van der Waals surface area contributed by atoms with Crippen LogP contribution in [-0.4, -0.2) is 23.3 Å². The highest BCUT2D eigenvalue weighted by molar-refractivity contribution is 5.69. The number of aliphatic hydroxyl groups is 1. The average Bonchev–Trinajstić information content (AvgIpc) is 2.15. The Bertz CT molecular complexity index is 215. The topological polar surface area (TPSA) is 46.5 Å². The van der Waals surface area contributed by atoms with Gasteiger partial charge >= 0.3 is 5.97 Å². The third-order valence-electron chi connectivity index (χ3n) is 3.17. The lowest BCUT2D eigenvalue weighted by Gasteiger charge is -2.35. The molecule has 1 N–H and O–H groups in total. The Morgan fingerprint density at radius 2 is 2.33 bits per heavy atom. The zero-order chi connectivity index (χ0) is 11.3. The Labute approximate surface area is 91.8 Å². The lowest BCUT2D eigenvalue weighted by Crippen LogP contribution is -2.35. The number of hydrogen-bond acceptors (Lipinski definition) is 3. The minimum absolute atomic E-state index is 0.191. The Morgan fingerprint density at radius 3 is 2.93 bits per heavy atom. The summed E-state index contributed by atoms with van der Waals surface area (Å²) < 4.78 is 4.85. The molecule has 15 heavy (non-hydrogen) atoms. The summed E-state index contributed by atoms with van der Waals surface area (Å²) in [6.07, 6.45) is 4.82. The summed E-state index contributed by atoms with van der Waals surface area (Å²) in [6.45, 7) is 4.39. The first kappa shape index (κ1) is 12.5. The number of hydrogen-bond donors (Lipinski definition) is 1. The van der Waals surface area contributed by atoms with E-state index in [1.165, 1.54) is 6.42 Å². The molecular weight excluding hydrogens is 192 g/mol. The fraction of sp³-hybridized carbons (Fsp3) is 0.917. The highest BCUT2D eigenvalue weighted by atomic mass is 16.5. The molecule has 0 aromatic rings. The molecule has 0 radical (unpaired) electrons. The van der Waals surface area contributed by atoms with Gasteiger partial charge in [0.25, 0.3) is 0 Å². The highest BCUT2D eigenvalue weighted by Gasteiger charge is 2.32. The van der Waals surface area contributed by atoms with Crippen molar-refractivity contribution in [1.29, 1.82) is 0 Å². The second-order valence-electron chi connectivity index (χ2n) is 4.73. The summed E-state index contributed by atoms with van der Waals surface area (Å²) in [5.41, 5.74) is -0.621. The molecule has 1 fully saturated rings. The molecule has 2 unspecified atom stereocenters. The largest absolute Gasteiger partial charge is 0.466 e. The summed E-state index contributed by atoms with van der Waals surface area (Å²) in [5, 5.41) is 10.3. The van der Waals surface area contributed by atoms with E-state index in [0.29, 0.717) is 25.4 Å². The van der Waals surface area contributed by atoms with Crippen LogP contribution in [0.5, 0.6) is 0 Å². The highest BCUT2D eigenvalue weighted by Crippen LogP contribution is 2.35. The van der Waals surface area contributed by atoms with E-state index in [2.05, 4.69) is 6.92 Å². The maximum Gasteiger partial charge on any atom is 0.305 e. The van der Waals surface area contributed by atoms with Crippen molar-refractivity contribution in [3.05, 3.63) is 0 Å². The van der Waals surface area contributed by atoms with Crippen LogP contribution in [0.15, 0.2) is 0 Å². The van der Waals surface area contributed by atoms with Crippen LogP contribution in [0.4, 0.5) is 0 Å². The maximum atomic E-state index is 11.2. The predicted octanol–water partition coefficient (Wildman–Crippen LogP) is 2.27. The fourth-order valence-corrected chi connectivity index (χ4v) is 2.43. The van der Waals surface area contributed by atoms with Crippen molar-refractivity contribution in [2.45, 2.75) is 58.0 Å². The van der Waals surface area contributed by atoms with Crippen molar-refractivity contribution < 1.29 is 14.6 Å². The summed E-state index contributed by atoms with van der Waals surface area (Å²) >= 11 is 0. The Morgan fingerprint density at radius 1 is 1.60 bits per heavy atom. The van der Waals surface area contributed by atoms with Gasteiger partial charge in [-0.1, -0.05) is 19.8 Å². The van der Waals surface area contributed by atoms with E-state index in [1.54, 1.807) is 6.92 Å². The first-order chi connectivity index (χ1) is 7.06. The number of carbonyl (C=O) groups excluding carboxylic acids is 1. The lowest BCUT2D eigenvalue weighted by molar-refractivity contribution is -0.145. The molecule has 3 nitrogen and oxygen atoms in total. The van der Waals surface area contributed by atoms with Crippen molar-refractivity contribution in [2.75, 3.05) is 6.61 Å². The van der Waals surface area contributed by atoms with Gasteiger partial charge in [-0.05, 0) is 32.1 Å². The molecular formula is C12H22O3. The van der Waals surface area contributed by atoms with Crippen molar-refractivity contribution >= 4 is 5.97 Å². The molecule has 3 heteroatoms. The van der Waals surface area contributed by atoms with Gasteiger partial charge < -0.3 is 9.84 Å². The van der Waals surface area contributed by atoms with Gasteiger partial charge in [-0.2, -0.15) is 0 Å². The van der Waals surface area contributed by atoms with Crippen molar-refractivity contribution in [1.82, 2.24) is 0 Å². The second-order valence-corrected chi connectivity index (χ2v) is 4.73. The summed E-state index contributed by atoms with van der Waals surface area (Å²) in [5.74, 6) is 0.384. The molecule has 1 saturated carbocycles. The van der Waals surface area contributed by atoms with Gasteiger partial charge in [-0.25, -0.2) is 0 Å². The third-order valence-corrected chi connectivity index (χ3v) is 3.17. The Balaban J connectivity index is 2.32. The van der Waals surface area contributed by atoms with Crippen molar-refractivity contribution in [2.24, 2.45) is 5.92 Å². The van der Waals surface area contributed by atoms with E-state index in [9.17, 15) is 9.90 Å². The first-order valence-corrected chi connectivity index (χ1v) is 5.94. The molecule has 1 aliphatic rings. The van der Waals surface area contributed by atoms with Crippen LogP contribution in [0.2, 0.25) is 0 Å². The van der Waals surface area contributed by atoms with Gasteiger partial charge in [0.2, 0.25) is 0 Å². The van der Waals surface area contributed by atoms with E-state index < -0.39 is 5.60 Å². The molecule has 0 saturated heterocycles. The molecule has 0 bridgehead atoms. The zero-order valence-electron chi connectivity index (χ0n) is 9.79. The van der Waals surface area contributed by atoms with E-state index in [4.69, 9.17) is 4.74 Å². The second kappa shape index (κ2) is 5.50. The first-order valence-electron chi connectivity index (χ1n) is 5.94. The predicted molar refractivity (Wildman–Crippen MR) is 58.4 cm³/mol. The number of esters is 1. The van der Waals surface area contributed by atoms with Gasteiger partial charge in [0.05, 0.1) is 12.2 Å². The summed E-state index contributed by atoms with van der Waals surface area (Å²) in [4.78, 5) is 11.2. The minimum atomic E-state index is -0.621. The molecule has 0 aromatic heterocycles. The number of carbonyl (C=O) groups is 1. The van der Waals surface area contributed by atoms with Gasteiger partial charge in [0, 0.05) is 6.42 Å². The van der Waals surface area contributed by atoms with Crippen LogP contribution in [0.3, 0.4) is 0 Å². The summed E-state index contributed by atoms with van der Waals surface area (Å²) in [7, 11) is 0. The normalized spacial score (nSPS) is 31.3. The molecule has 88 valence electrons. The molecule has 2 atom stereocenters. The lowest BCUT2D eigenvalue weighted by atomic mass is 9.76. The zero-order valence-corrected chi connectivity index (χ0v) is 9.79. The maximum absolute atomic E-state index is 11.2. The van der Waals surface area contributed by atoms with E-state index >= 15 is 0 Å². The Hall–Kier alpha value is -0.570. The van der Waals surface area contributed by atoms with E-state index in [1.807, 2.05) is 0 Å².